The molecule has 0 bridgehead atoms. The number of carbonyl (C=O) groups excluding carboxylic acids is 1. The minimum atomic E-state index is -0.229. The summed E-state index contributed by atoms with van der Waals surface area (Å²) in [7, 11) is 0. The summed E-state index contributed by atoms with van der Waals surface area (Å²) in [5, 5.41) is 6.13. The monoisotopic (exact) mass is 353 g/mol. The van der Waals surface area contributed by atoms with Crippen molar-refractivity contribution in [1.82, 2.24) is 9.97 Å². The van der Waals surface area contributed by atoms with Crippen molar-refractivity contribution in [3.8, 4) is 0 Å². The predicted molar refractivity (Wildman–Crippen MR) is 106 cm³/mol. The van der Waals surface area contributed by atoms with E-state index in [0.717, 1.165) is 18.8 Å². The standard InChI is InChI=1S/C20H27N5O/c1-14(2)21-19-13-18(22-15(3)23-19)20(26)24-16-7-9-17(10-8-16)25-11-5-4-6-12-25/h7-10,13-14H,4-6,11-12H2,1-3H3,(H,24,26)(H,21,22,23). The summed E-state index contributed by atoms with van der Waals surface area (Å²) in [6.07, 6.45) is 3.81. The van der Waals surface area contributed by atoms with Crippen LogP contribution in [0.1, 0.15) is 49.4 Å². The number of amides is 1. The average Bonchev–Trinajstić information content (AvgIpc) is 2.62. The molecule has 1 fully saturated rings. The van der Waals surface area contributed by atoms with Gasteiger partial charge in [-0.1, -0.05) is 0 Å². The van der Waals surface area contributed by atoms with Gasteiger partial charge in [0.05, 0.1) is 0 Å². The number of benzene rings is 1. The average molecular weight is 353 g/mol. The lowest BCUT2D eigenvalue weighted by atomic mass is 10.1. The van der Waals surface area contributed by atoms with Crippen molar-refractivity contribution in [1.29, 1.82) is 0 Å². The molecule has 0 spiro atoms. The fourth-order valence-corrected chi connectivity index (χ4v) is 3.16. The first kappa shape index (κ1) is 18.2. The highest BCUT2D eigenvalue weighted by Crippen LogP contribution is 2.22. The van der Waals surface area contributed by atoms with Crippen molar-refractivity contribution < 1.29 is 4.79 Å². The van der Waals surface area contributed by atoms with E-state index in [-0.39, 0.29) is 11.9 Å². The lowest BCUT2D eigenvalue weighted by molar-refractivity contribution is 0.102. The van der Waals surface area contributed by atoms with Crippen LogP contribution >= 0.6 is 0 Å². The predicted octanol–water partition coefficient (Wildman–Crippen LogP) is 3.85. The smallest absolute Gasteiger partial charge is 0.274 e. The number of nitrogens with zero attached hydrogens (tertiary/aromatic N) is 3. The molecule has 6 nitrogen and oxygen atoms in total. The Labute approximate surface area is 155 Å². The van der Waals surface area contributed by atoms with Crippen molar-refractivity contribution in [2.45, 2.75) is 46.1 Å². The molecule has 1 amide bonds. The normalized spacial score (nSPS) is 14.4. The summed E-state index contributed by atoms with van der Waals surface area (Å²) >= 11 is 0. The Hall–Kier alpha value is -2.63. The first-order chi connectivity index (χ1) is 12.5. The van der Waals surface area contributed by atoms with Gasteiger partial charge in [-0.05, 0) is 64.3 Å². The van der Waals surface area contributed by atoms with Crippen molar-refractivity contribution in [2.75, 3.05) is 28.6 Å². The second-order valence-corrected chi connectivity index (χ2v) is 7.03. The molecule has 1 aromatic heterocycles. The number of hydrogen-bond acceptors (Lipinski definition) is 5. The number of hydrogen-bond donors (Lipinski definition) is 2. The maximum atomic E-state index is 12.6. The lowest BCUT2D eigenvalue weighted by Crippen LogP contribution is -2.29. The van der Waals surface area contributed by atoms with E-state index in [9.17, 15) is 4.79 Å². The minimum absolute atomic E-state index is 0.229. The molecule has 0 aliphatic carbocycles. The molecule has 0 unspecified atom stereocenters. The molecular weight excluding hydrogens is 326 g/mol. The molecule has 0 atom stereocenters. The SMILES string of the molecule is Cc1nc(NC(C)C)cc(C(=O)Nc2ccc(N3CCCCC3)cc2)n1. The van der Waals surface area contributed by atoms with E-state index in [1.54, 1.807) is 13.0 Å². The molecule has 1 aromatic carbocycles. The van der Waals surface area contributed by atoms with Gasteiger partial charge in [-0.3, -0.25) is 4.79 Å². The first-order valence-corrected chi connectivity index (χ1v) is 9.30. The first-order valence-electron chi connectivity index (χ1n) is 9.30. The van der Waals surface area contributed by atoms with E-state index in [0.29, 0.717) is 17.3 Å². The van der Waals surface area contributed by atoms with Crippen LogP contribution < -0.4 is 15.5 Å². The van der Waals surface area contributed by atoms with Gasteiger partial charge >= 0.3 is 0 Å². The van der Waals surface area contributed by atoms with Crippen LogP contribution in [-0.4, -0.2) is 35.0 Å². The zero-order valence-corrected chi connectivity index (χ0v) is 15.7. The number of nitrogens with one attached hydrogen (secondary N) is 2. The molecule has 6 heteroatoms. The van der Waals surface area contributed by atoms with Crippen molar-refractivity contribution in [3.05, 3.63) is 41.9 Å². The zero-order valence-electron chi connectivity index (χ0n) is 15.7. The molecule has 2 heterocycles. The largest absolute Gasteiger partial charge is 0.372 e. The third kappa shape index (κ3) is 4.71. The van der Waals surface area contributed by atoms with Gasteiger partial charge in [0.2, 0.25) is 0 Å². The Bertz CT molecular complexity index is 751. The molecule has 2 aromatic rings. The van der Waals surface area contributed by atoms with E-state index in [1.807, 2.05) is 26.0 Å². The molecule has 2 N–H and O–H groups in total. The fourth-order valence-electron chi connectivity index (χ4n) is 3.16. The van der Waals surface area contributed by atoms with Crippen LogP contribution in [0.2, 0.25) is 0 Å². The van der Waals surface area contributed by atoms with Crippen molar-refractivity contribution >= 4 is 23.1 Å². The fraction of sp³-hybridized carbons (Fsp3) is 0.450. The molecule has 26 heavy (non-hydrogen) atoms. The summed E-state index contributed by atoms with van der Waals surface area (Å²) < 4.78 is 0. The Morgan fingerprint density at radius 1 is 1.08 bits per heavy atom. The Morgan fingerprint density at radius 2 is 1.77 bits per heavy atom. The summed E-state index contributed by atoms with van der Waals surface area (Å²) in [6, 6.07) is 9.95. The van der Waals surface area contributed by atoms with Gasteiger partial charge in [-0.25, -0.2) is 9.97 Å². The quantitative estimate of drug-likeness (QED) is 0.854. The summed E-state index contributed by atoms with van der Waals surface area (Å²) in [4.78, 5) is 23.5. The second-order valence-electron chi connectivity index (χ2n) is 7.03. The number of rotatable bonds is 5. The third-order valence-electron chi connectivity index (χ3n) is 4.35. The highest BCUT2D eigenvalue weighted by atomic mass is 16.1. The highest BCUT2D eigenvalue weighted by Gasteiger charge is 2.13. The molecular formula is C20H27N5O. The Kier molecular flexibility index (Phi) is 5.71. The number of anilines is 3. The van der Waals surface area contributed by atoms with Crippen molar-refractivity contribution in [2.24, 2.45) is 0 Å². The summed E-state index contributed by atoms with van der Waals surface area (Å²) in [6.45, 7) is 8.06. The van der Waals surface area contributed by atoms with Crippen LogP contribution in [-0.2, 0) is 0 Å². The molecule has 138 valence electrons. The summed E-state index contributed by atoms with van der Waals surface area (Å²) in [5.41, 5.74) is 2.34. The molecule has 1 saturated heterocycles. The maximum absolute atomic E-state index is 12.6. The highest BCUT2D eigenvalue weighted by molar-refractivity contribution is 6.03. The third-order valence-corrected chi connectivity index (χ3v) is 4.35. The number of piperidine rings is 1. The van der Waals surface area contributed by atoms with Crippen LogP contribution in [0.3, 0.4) is 0 Å². The van der Waals surface area contributed by atoms with Crippen LogP contribution in [0.5, 0.6) is 0 Å². The van der Waals surface area contributed by atoms with Gasteiger partial charge in [-0.15, -0.1) is 0 Å². The van der Waals surface area contributed by atoms with E-state index >= 15 is 0 Å². The summed E-state index contributed by atoms with van der Waals surface area (Å²) in [5.74, 6) is 1.01. The lowest BCUT2D eigenvalue weighted by Gasteiger charge is -2.28. The topological polar surface area (TPSA) is 70.2 Å². The van der Waals surface area contributed by atoms with Gasteiger partial charge in [0.1, 0.15) is 17.3 Å². The Morgan fingerprint density at radius 3 is 2.42 bits per heavy atom. The van der Waals surface area contributed by atoms with Gasteiger partial charge in [0.25, 0.3) is 5.91 Å². The van der Waals surface area contributed by atoms with Crippen molar-refractivity contribution in [3.63, 3.8) is 0 Å². The van der Waals surface area contributed by atoms with Crippen LogP contribution in [0.4, 0.5) is 17.2 Å². The molecule has 3 rings (SSSR count). The van der Waals surface area contributed by atoms with E-state index in [1.165, 1.54) is 24.9 Å². The van der Waals surface area contributed by atoms with E-state index < -0.39 is 0 Å². The minimum Gasteiger partial charge on any atom is -0.372 e. The van der Waals surface area contributed by atoms with Gasteiger partial charge in [-0.2, -0.15) is 0 Å². The van der Waals surface area contributed by atoms with Gasteiger partial charge in [0, 0.05) is 36.6 Å². The Balaban J connectivity index is 1.68. The maximum Gasteiger partial charge on any atom is 0.274 e. The van der Waals surface area contributed by atoms with E-state index in [4.69, 9.17) is 0 Å². The second kappa shape index (κ2) is 8.17. The molecule has 0 saturated carbocycles. The van der Waals surface area contributed by atoms with Crippen LogP contribution in [0, 0.1) is 6.92 Å². The van der Waals surface area contributed by atoms with Gasteiger partial charge in [0.15, 0.2) is 0 Å². The number of aromatic nitrogens is 2. The van der Waals surface area contributed by atoms with E-state index in [2.05, 4.69) is 37.6 Å². The zero-order chi connectivity index (χ0) is 18.5. The van der Waals surface area contributed by atoms with Crippen LogP contribution in [0.25, 0.3) is 0 Å². The molecule has 0 radical (unpaired) electrons. The molecule has 1 aliphatic rings. The van der Waals surface area contributed by atoms with Gasteiger partial charge < -0.3 is 15.5 Å². The molecule has 1 aliphatic heterocycles. The van der Waals surface area contributed by atoms with Crippen LogP contribution in [0.15, 0.2) is 30.3 Å². The number of carbonyl (C=O) groups is 1. The number of aryl methyl sites for hydroxylation is 1.